The van der Waals surface area contributed by atoms with Crippen LogP contribution in [-0.2, 0) is 6.54 Å². The maximum atomic E-state index is 11.9. The quantitative estimate of drug-likeness (QED) is 0.487. The fourth-order valence-electron chi connectivity index (χ4n) is 2.40. The lowest BCUT2D eigenvalue weighted by molar-refractivity contribution is -0.385. The second kappa shape index (κ2) is 7.36. The first-order valence-corrected chi connectivity index (χ1v) is 8.41. The molecule has 0 aliphatic heterocycles. The Morgan fingerprint density at radius 2 is 2.04 bits per heavy atom. The lowest BCUT2D eigenvalue weighted by Gasteiger charge is -2.08. The Bertz CT molecular complexity index is 1010. The highest BCUT2D eigenvalue weighted by Gasteiger charge is 2.13. The second-order valence-electron chi connectivity index (χ2n) is 5.32. The van der Waals surface area contributed by atoms with E-state index in [4.69, 9.17) is 9.47 Å². The highest BCUT2D eigenvalue weighted by atomic mass is 32.1. The molecule has 8 nitrogen and oxygen atoms in total. The lowest BCUT2D eigenvalue weighted by atomic mass is 10.2. The predicted octanol–water partition coefficient (Wildman–Crippen LogP) is 2.95. The molecule has 26 heavy (non-hydrogen) atoms. The molecule has 2 heterocycles. The van der Waals surface area contributed by atoms with Crippen LogP contribution >= 0.6 is 11.3 Å². The van der Waals surface area contributed by atoms with Gasteiger partial charge in [-0.2, -0.15) is 0 Å². The van der Waals surface area contributed by atoms with Gasteiger partial charge in [0.1, 0.15) is 16.5 Å². The van der Waals surface area contributed by atoms with Gasteiger partial charge in [0.25, 0.3) is 11.2 Å². The first-order chi connectivity index (χ1) is 12.5. The van der Waals surface area contributed by atoms with E-state index in [0.29, 0.717) is 17.2 Å². The number of aromatic nitrogens is 2. The summed E-state index contributed by atoms with van der Waals surface area (Å²) in [6, 6.07) is 7.79. The van der Waals surface area contributed by atoms with E-state index in [2.05, 4.69) is 4.98 Å². The van der Waals surface area contributed by atoms with Crippen LogP contribution in [0.1, 0.15) is 5.69 Å². The maximum absolute atomic E-state index is 11.9. The monoisotopic (exact) mass is 373 g/mol. The molecule has 0 saturated heterocycles. The van der Waals surface area contributed by atoms with Crippen molar-refractivity contribution in [2.45, 2.75) is 6.54 Å². The van der Waals surface area contributed by atoms with Gasteiger partial charge in [0.2, 0.25) is 0 Å². The van der Waals surface area contributed by atoms with Crippen molar-refractivity contribution in [3.05, 3.63) is 68.1 Å². The number of hydrogen-bond donors (Lipinski definition) is 0. The van der Waals surface area contributed by atoms with Gasteiger partial charge in [0.05, 0.1) is 43.1 Å². The van der Waals surface area contributed by atoms with E-state index in [1.54, 1.807) is 20.3 Å². The van der Waals surface area contributed by atoms with Gasteiger partial charge in [-0.05, 0) is 12.1 Å². The Labute approximate surface area is 152 Å². The van der Waals surface area contributed by atoms with Gasteiger partial charge in [-0.15, -0.1) is 11.3 Å². The molecule has 1 aromatic carbocycles. The molecule has 3 aromatic rings. The molecule has 0 N–H and O–H groups in total. The van der Waals surface area contributed by atoms with E-state index in [9.17, 15) is 14.9 Å². The number of hydrogen-bond acceptors (Lipinski definition) is 7. The minimum atomic E-state index is -0.537. The molecule has 0 aliphatic carbocycles. The Morgan fingerprint density at radius 1 is 1.23 bits per heavy atom. The lowest BCUT2D eigenvalue weighted by Crippen LogP contribution is -2.19. The summed E-state index contributed by atoms with van der Waals surface area (Å²) in [6.07, 6.45) is 1.22. The third-order valence-corrected chi connectivity index (χ3v) is 4.63. The van der Waals surface area contributed by atoms with E-state index in [1.165, 1.54) is 34.2 Å². The van der Waals surface area contributed by atoms with Crippen LogP contribution in [0.15, 0.2) is 46.7 Å². The van der Waals surface area contributed by atoms with Crippen molar-refractivity contribution < 1.29 is 14.4 Å². The summed E-state index contributed by atoms with van der Waals surface area (Å²) in [5.41, 5.74) is 0.963. The fraction of sp³-hybridized carbons (Fsp3) is 0.176. The fourth-order valence-corrected chi connectivity index (χ4v) is 3.24. The summed E-state index contributed by atoms with van der Waals surface area (Å²) in [4.78, 5) is 26.8. The molecule has 0 radical (unpaired) electrons. The minimum Gasteiger partial charge on any atom is -0.497 e. The summed E-state index contributed by atoms with van der Waals surface area (Å²) < 4.78 is 11.8. The van der Waals surface area contributed by atoms with Crippen LogP contribution in [-0.4, -0.2) is 28.7 Å². The molecule has 2 aromatic heterocycles. The summed E-state index contributed by atoms with van der Waals surface area (Å²) in [6.45, 7) is 0.148. The van der Waals surface area contributed by atoms with Crippen molar-refractivity contribution in [2.75, 3.05) is 14.2 Å². The average Bonchev–Trinajstić information content (AvgIpc) is 3.11. The van der Waals surface area contributed by atoms with Crippen molar-refractivity contribution >= 4 is 17.0 Å². The van der Waals surface area contributed by atoms with Crippen LogP contribution in [0.2, 0.25) is 0 Å². The molecule has 0 unspecified atom stereocenters. The van der Waals surface area contributed by atoms with Gasteiger partial charge in [-0.1, -0.05) is 0 Å². The molecule has 0 aliphatic rings. The molecule has 9 heteroatoms. The van der Waals surface area contributed by atoms with Gasteiger partial charge in [0.15, 0.2) is 0 Å². The SMILES string of the molecule is COc1ccc(-c2nc(Cn3cc([N+](=O)[O-])ccc3=O)cs2)c(OC)c1. The first-order valence-electron chi connectivity index (χ1n) is 7.53. The first kappa shape index (κ1) is 17.6. The van der Waals surface area contributed by atoms with Crippen LogP contribution in [0.25, 0.3) is 10.6 Å². The number of nitro groups is 1. The molecule has 0 atom stereocenters. The third kappa shape index (κ3) is 3.57. The number of pyridine rings is 1. The zero-order valence-corrected chi connectivity index (χ0v) is 14.9. The maximum Gasteiger partial charge on any atom is 0.285 e. The molecule has 0 fully saturated rings. The third-order valence-electron chi connectivity index (χ3n) is 3.70. The zero-order valence-electron chi connectivity index (χ0n) is 14.0. The van der Waals surface area contributed by atoms with Crippen LogP contribution < -0.4 is 15.0 Å². The van der Waals surface area contributed by atoms with Gasteiger partial charge in [0, 0.05) is 23.6 Å². The van der Waals surface area contributed by atoms with Crippen LogP contribution in [0.4, 0.5) is 5.69 Å². The Hall–Kier alpha value is -3.20. The Kier molecular flexibility index (Phi) is 4.99. The summed E-state index contributed by atoms with van der Waals surface area (Å²) in [5.74, 6) is 1.29. The van der Waals surface area contributed by atoms with Crippen LogP contribution in [0.3, 0.4) is 0 Å². The highest BCUT2D eigenvalue weighted by molar-refractivity contribution is 7.13. The topological polar surface area (TPSA) is 96.5 Å². The minimum absolute atomic E-state index is 0.142. The number of nitrogens with zero attached hydrogens (tertiary/aromatic N) is 3. The molecule has 0 bridgehead atoms. The van der Waals surface area contributed by atoms with E-state index in [0.717, 1.165) is 10.6 Å². The molecule has 0 spiro atoms. The summed E-state index contributed by atoms with van der Waals surface area (Å²) >= 11 is 1.40. The van der Waals surface area contributed by atoms with Crippen molar-refractivity contribution in [3.8, 4) is 22.1 Å². The Balaban J connectivity index is 1.91. The predicted molar refractivity (Wildman–Crippen MR) is 97.1 cm³/mol. The molecular formula is C17H15N3O5S. The largest absolute Gasteiger partial charge is 0.497 e. The van der Waals surface area contributed by atoms with E-state index in [1.807, 2.05) is 17.5 Å². The molecular weight excluding hydrogens is 358 g/mol. The average molecular weight is 373 g/mol. The number of rotatable bonds is 6. The summed E-state index contributed by atoms with van der Waals surface area (Å²) in [5, 5.41) is 13.4. The van der Waals surface area contributed by atoms with Crippen molar-refractivity contribution in [1.29, 1.82) is 0 Å². The van der Waals surface area contributed by atoms with Gasteiger partial charge < -0.3 is 14.0 Å². The smallest absolute Gasteiger partial charge is 0.285 e. The van der Waals surface area contributed by atoms with Gasteiger partial charge in [-0.25, -0.2) is 4.98 Å². The normalized spacial score (nSPS) is 10.5. The van der Waals surface area contributed by atoms with Crippen LogP contribution in [0, 0.1) is 10.1 Å². The molecule has 3 rings (SSSR count). The van der Waals surface area contributed by atoms with Crippen LogP contribution in [0.5, 0.6) is 11.5 Å². The number of ether oxygens (including phenoxy) is 2. The standard InChI is InChI=1S/C17H15N3O5S/c1-24-13-4-5-14(15(7-13)25-2)17-18-11(10-26-17)8-19-9-12(20(22)23)3-6-16(19)21/h3-7,9-10H,8H2,1-2H3. The highest BCUT2D eigenvalue weighted by Crippen LogP contribution is 2.35. The van der Waals surface area contributed by atoms with Crippen molar-refractivity contribution in [1.82, 2.24) is 9.55 Å². The van der Waals surface area contributed by atoms with E-state index < -0.39 is 4.92 Å². The Morgan fingerprint density at radius 3 is 2.73 bits per heavy atom. The number of benzene rings is 1. The van der Waals surface area contributed by atoms with Crippen molar-refractivity contribution in [3.63, 3.8) is 0 Å². The second-order valence-corrected chi connectivity index (χ2v) is 6.18. The van der Waals surface area contributed by atoms with Gasteiger partial charge in [-0.3, -0.25) is 14.9 Å². The van der Waals surface area contributed by atoms with Gasteiger partial charge >= 0.3 is 0 Å². The number of thiazole rings is 1. The van der Waals surface area contributed by atoms with E-state index >= 15 is 0 Å². The van der Waals surface area contributed by atoms with Crippen molar-refractivity contribution in [2.24, 2.45) is 0 Å². The molecule has 0 saturated carbocycles. The number of methoxy groups -OCH3 is 2. The van der Waals surface area contributed by atoms with E-state index in [-0.39, 0.29) is 17.8 Å². The molecule has 134 valence electrons. The summed E-state index contributed by atoms with van der Waals surface area (Å²) in [7, 11) is 3.14. The molecule has 0 amide bonds. The zero-order chi connectivity index (χ0) is 18.7.